The van der Waals surface area contributed by atoms with Crippen LogP contribution < -0.4 is 5.32 Å². The van der Waals surface area contributed by atoms with Crippen molar-refractivity contribution in [2.24, 2.45) is 5.92 Å². The molecule has 3 aliphatic rings. The second-order valence-electron chi connectivity index (χ2n) is 6.32. The Hall–Kier alpha value is -0.830. The number of rotatable bonds is 3. The SMILES string of the molecule is O=C(CC1C=CCC1)N1CCCCC1C1CCCN1. The molecule has 0 spiro atoms. The smallest absolute Gasteiger partial charge is 0.223 e. The highest BCUT2D eigenvalue weighted by molar-refractivity contribution is 5.77. The van der Waals surface area contributed by atoms with Crippen molar-refractivity contribution in [2.75, 3.05) is 13.1 Å². The van der Waals surface area contributed by atoms with Crippen LogP contribution in [-0.2, 0) is 4.79 Å². The van der Waals surface area contributed by atoms with E-state index in [-0.39, 0.29) is 0 Å². The van der Waals surface area contributed by atoms with Crippen molar-refractivity contribution >= 4 is 5.91 Å². The van der Waals surface area contributed by atoms with Crippen LogP contribution in [0.3, 0.4) is 0 Å². The van der Waals surface area contributed by atoms with Gasteiger partial charge < -0.3 is 10.2 Å². The summed E-state index contributed by atoms with van der Waals surface area (Å²) in [5, 5.41) is 3.60. The molecule has 1 amide bonds. The lowest BCUT2D eigenvalue weighted by Gasteiger charge is -2.39. The molecule has 3 rings (SSSR count). The molecule has 19 heavy (non-hydrogen) atoms. The van der Waals surface area contributed by atoms with Crippen molar-refractivity contribution in [3.8, 4) is 0 Å². The first kappa shape index (κ1) is 13.2. The molecule has 3 unspecified atom stereocenters. The molecule has 3 atom stereocenters. The fourth-order valence-electron chi connectivity index (χ4n) is 3.93. The van der Waals surface area contributed by atoms with Crippen LogP contribution in [0.15, 0.2) is 12.2 Å². The third-order valence-electron chi connectivity index (χ3n) is 4.98. The molecule has 1 N–H and O–H groups in total. The van der Waals surface area contributed by atoms with Gasteiger partial charge in [0, 0.05) is 25.0 Å². The number of carbonyl (C=O) groups is 1. The van der Waals surface area contributed by atoms with Crippen molar-refractivity contribution in [3.05, 3.63) is 12.2 Å². The van der Waals surface area contributed by atoms with Gasteiger partial charge in [0.05, 0.1) is 0 Å². The number of carbonyl (C=O) groups excluding carboxylic acids is 1. The lowest BCUT2D eigenvalue weighted by molar-refractivity contribution is -0.136. The zero-order valence-corrected chi connectivity index (χ0v) is 11.8. The Bertz CT molecular complexity index is 347. The summed E-state index contributed by atoms with van der Waals surface area (Å²) in [6, 6.07) is 1.03. The van der Waals surface area contributed by atoms with Gasteiger partial charge in [0.1, 0.15) is 0 Å². The second kappa shape index (κ2) is 6.08. The highest BCUT2D eigenvalue weighted by Crippen LogP contribution is 2.27. The van der Waals surface area contributed by atoms with E-state index in [0.717, 1.165) is 25.9 Å². The first-order chi connectivity index (χ1) is 9.34. The molecule has 0 aromatic heterocycles. The summed E-state index contributed by atoms with van der Waals surface area (Å²) in [6.07, 6.45) is 13.7. The fourth-order valence-corrected chi connectivity index (χ4v) is 3.93. The summed E-state index contributed by atoms with van der Waals surface area (Å²) in [7, 11) is 0. The predicted octanol–water partition coefficient (Wildman–Crippen LogP) is 2.48. The molecule has 0 bridgehead atoms. The molecule has 2 saturated heterocycles. The number of nitrogens with one attached hydrogen (secondary N) is 1. The van der Waals surface area contributed by atoms with E-state index < -0.39 is 0 Å². The zero-order chi connectivity index (χ0) is 13.1. The number of allylic oxidation sites excluding steroid dienone is 2. The van der Waals surface area contributed by atoms with Gasteiger partial charge >= 0.3 is 0 Å². The van der Waals surface area contributed by atoms with E-state index in [1.165, 1.54) is 38.5 Å². The van der Waals surface area contributed by atoms with Crippen LogP contribution in [0, 0.1) is 5.92 Å². The van der Waals surface area contributed by atoms with E-state index >= 15 is 0 Å². The lowest BCUT2D eigenvalue weighted by Crippen LogP contribution is -2.52. The van der Waals surface area contributed by atoms with Crippen LogP contribution in [0.25, 0.3) is 0 Å². The molecule has 1 aliphatic carbocycles. The maximum Gasteiger partial charge on any atom is 0.223 e. The van der Waals surface area contributed by atoms with E-state index in [2.05, 4.69) is 22.4 Å². The van der Waals surface area contributed by atoms with Crippen LogP contribution >= 0.6 is 0 Å². The first-order valence-corrected chi connectivity index (χ1v) is 8.04. The largest absolute Gasteiger partial charge is 0.338 e. The van der Waals surface area contributed by atoms with Gasteiger partial charge in [0.25, 0.3) is 0 Å². The van der Waals surface area contributed by atoms with Crippen LogP contribution in [0.5, 0.6) is 0 Å². The third-order valence-corrected chi connectivity index (χ3v) is 4.98. The van der Waals surface area contributed by atoms with Crippen molar-refractivity contribution in [3.63, 3.8) is 0 Å². The Kier molecular flexibility index (Phi) is 4.21. The van der Waals surface area contributed by atoms with E-state index in [1.54, 1.807) is 0 Å². The molecule has 2 heterocycles. The Labute approximate surface area is 116 Å². The Balaban J connectivity index is 1.61. The normalized spacial score (nSPS) is 34.9. The summed E-state index contributed by atoms with van der Waals surface area (Å²) < 4.78 is 0. The summed E-state index contributed by atoms with van der Waals surface area (Å²) in [5.41, 5.74) is 0. The molecule has 3 nitrogen and oxygen atoms in total. The standard InChI is InChI=1S/C16H26N2O/c19-16(12-13-6-1-2-7-13)18-11-4-3-9-15(18)14-8-5-10-17-14/h1,6,13-15,17H,2-5,7-12H2. The molecule has 106 valence electrons. The van der Waals surface area contributed by atoms with Gasteiger partial charge in [0.2, 0.25) is 5.91 Å². The lowest BCUT2D eigenvalue weighted by atomic mass is 9.93. The number of nitrogens with zero attached hydrogens (tertiary/aromatic N) is 1. The van der Waals surface area contributed by atoms with Gasteiger partial charge in [-0.25, -0.2) is 0 Å². The molecule has 3 heteroatoms. The maximum atomic E-state index is 12.6. The molecule has 2 fully saturated rings. The van der Waals surface area contributed by atoms with Gasteiger partial charge in [-0.2, -0.15) is 0 Å². The van der Waals surface area contributed by atoms with Gasteiger partial charge in [-0.1, -0.05) is 12.2 Å². The number of piperidine rings is 1. The summed E-state index contributed by atoms with van der Waals surface area (Å²) >= 11 is 0. The number of amides is 1. The van der Waals surface area contributed by atoms with Gasteiger partial charge in [-0.05, 0) is 57.4 Å². The van der Waals surface area contributed by atoms with Gasteiger partial charge in [0.15, 0.2) is 0 Å². The summed E-state index contributed by atoms with van der Waals surface area (Å²) in [5.74, 6) is 0.904. The highest BCUT2D eigenvalue weighted by atomic mass is 16.2. The third kappa shape index (κ3) is 3.02. The minimum Gasteiger partial charge on any atom is -0.338 e. The minimum absolute atomic E-state index is 0.398. The molecule has 0 radical (unpaired) electrons. The van der Waals surface area contributed by atoms with Crippen molar-refractivity contribution in [1.82, 2.24) is 10.2 Å². The monoisotopic (exact) mass is 262 g/mol. The average molecular weight is 262 g/mol. The number of hydrogen-bond donors (Lipinski definition) is 1. The average Bonchev–Trinajstić information content (AvgIpc) is 3.11. The second-order valence-corrected chi connectivity index (χ2v) is 6.32. The molecule has 0 aromatic carbocycles. The van der Waals surface area contributed by atoms with E-state index in [4.69, 9.17) is 0 Å². The molecular weight excluding hydrogens is 236 g/mol. The van der Waals surface area contributed by atoms with Crippen LogP contribution in [0.1, 0.15) is 51.4 Å². The summed E-state index contributed by atoms with van der Waals surface area (Å²) in [4.78, 5) is 14.8. The van der Waals surface area contributed by atoms with Crippen molar-refractivity contribution < 1.29 is 4.79 Å². The maximum absolute atomic E-state index is 12.6. The van der Waals surface area contributed by atoms with E-state index in [0.29, 0.717) is 23.9 Å². The van der Waals surface area contributed by atoms with Crippen LogP contribution in [0.2, 0.25) is 0 Å². The number of likely N-dealkylation sites (tertiary alicyclic amines) is 1. The predicted molar refractivity (Wildman–Crippen MR) is 76.9 cm³/mol. The van der Waals surface area contributed by atoms with Gasteiger partial charge in [-0.15, -0.1) is 0 Å². The van der Waals surface area contributed by atoms with Crippen molar-refractivity contribution in [1.29, 1.82) is 0 Å². The van der Waals surface area contributed by atoms with E-state index in [1.807, 2.05) is 0 Å². The molecule has 0 saturated carbocycles. The molecule has 0 aromatic rings. The van der Waals surface area contributed by atoms with Crippen LogP contribution in [-0.4, -0.2) is 36.0 Å². The molecule has 2 aliphatic heterocycles. The Morgan fingerprint density at radius 2 is 2.16 bits per heavy atom. The Morgan fingerprint density at radius 1 is 1.21 bits per heavy atom. The topological polar surface area (TPSA) is 32.3 Å². The van der Waals surface area contributed by atoms with Crippen molar-refractivity contribution in [2.45, 2.75) is 63.5 Å². The summed E-state index contributed by atoms with van der Waals surface area (Å²) in [6.45, 7) is 2.12. The number of hydrogen-bond acceptors (Lipinski definition) is 2. The zero-order valence-electron chi connectivity index (χ0n) is 11.8. The highest BCUT2D eigenvalue weighted by Gasteiger charge is 2.34. The Morgan fingerprint density at radius 3 is 2.89 bits per heavy atom. The molecular formula is C16H26N2O. The first-order valence-electron chi connectivity index (χ1n) is 8.04. The van der Waals surface area contributed by atoms with Gasteiger partial charge in [-0.3, -0.25) is 4.79 Å². The minimum atomic E-state index is 0.398. The van der Waals surface area contributed by atoms with Crippen LogP contribution in [0.4, 0.5) is 0 Å². The quantitative estimate of drug-likeness (QED) is 0.793. The van der Waals surface area contributed by atoms with E-state index in [9.17, 15) is 4.79 Å². The fraction of sp³-hybridized carbons (Fsp3) is 0.812.